The third-order valence-corrected chi connectivity index (χ3v) is 5.53. The van der Waals surface area contributed by atoms with Crippen LogP contribution >= 0.6 is 0 Å². The van der Waals surface area contributed by atoms with Gasteiger partial charge in [-0.05, 0) is 40.1 Å². The first-order chi connectivity index (χ1) is 14.6. The van der Waals surface area contributed by atoms with Crippen molar-refractivity contribution in [3.63, 3.8) is 0 Å². The van der Waals surface area contributed by atoms with Crippen LogP contribution in [0.2, 0.25) is 0 Å². The molecule has 2 heterocycles. The van der Waals surface area contributed by atoms with Gasteiger partial charge in [-0.1, -0.05) is 36.4 Å². The van der Waals surface area contributed by atoms with Crippen LogP contribution in [0.25, 0.3) is 10.8 Å². The lowest BCUT2D eigenvalue weighted by Crippen LogP contribution is -2.32. The van der Waals surface area contributed by atoms with E-state index in [4.69, 9.17) is 9.47 Å². The monoisotopic (exact) mass is 401 g/mol. The van der Waals surface area contributed by atoms with E-state index in [2.05, 4.69) is 15.3 Å². The zero-order valence-corrected chi connectivity index (χ0v) is 16.4. The maximum Gasteiger partial charge on any atom is 0.327 e. The van der Waals surface area contributed by atoms with E-state index in [0.717, 1.165) is 27.6 Å². The van der Waals surface area contributed by atoms with Crippen molar-refractivity contribution in [1.82, 2.24) is 9.97 Å². The third-order valence-electron chi connectivity index (χ3n) is 5.53. The molecule has 5 rings (SSSR count). The van der Waals surface area contributed by atoms with Gasteiger partial charge in [0.2, 0.25) is 0 Å². The average molecular weight is 401 g/mol. The van der Waals surface area contributed by atoms with Gasteiger partial charge in [0.25, 0.3) is 5.56 Å². The van der Waals surface area contributed by atoms with E-state index in [0.29, 0.717) is 22.9 Å². The van der Waals surface area contributed by atoms with E-state index in [9.17, 15) is 9.59 Å². The van der Waals surface area contributed by atoms with Gasteiger partial charge in [-0.25, -0.2) is 4.79 Å². The van der Waals surface area contributed by atoms with Crippen LogP contribution in [0, 0.1) is 0 Å². The van der Waals surface area contributed by atoms with Crippen molar-refractivity contribution in [3.8, 4) is 11.5 Å². The van der Waals surface area contributed by atoms with Crippen LogP contribution in [-0.2, 0) is 0 Å². The quantitative estimate of drug-likeness (QED) is 0.430. The van der Waals surface area contributed by atoms with Gasteiger partial charge in [-0.3, -0.25) is 14.8 Å². The zero-order valence-electron chi connectivity index (χ0n) is 16.4. The Bertz CT molecular complexity index is 1400. The van der Waals surface area contributed by atoms with Crippen LogP contribution < -0.4 is 26.0 Å². The number of aromatic nitrogens is 2. The lowest BCUT2D eigenvalue weighted by Gasteiger charge is -2.30. The molecule has 7 nitrogen and oxygen atoms in total. The predicted molar refractivity (Wildman–Crippen MR) is 115 cm³/mol. The molecule has 1 aliphatic rings. The SMILES string of the molecule is COc1ccc(C2c3c([nH]c(=O)[nH]c3=O)Nc3ccc4ccccc4c32)cc1OC. The molecule has 3 N–H and O–H groups in total. The Balaban J connectivity index is 1.87. The molecule has 1 aromatic heterocycles. The fraction of sp³-hybridized carbons (Fsp3) is 0.130. The summed E-state index contributed by atoms with van der Waals surface area (Å²) in [6, 6.07) is 17.6. The van der Waals surface area contributed by atoms with Crippen molar-refractivity contribution >= 4 is 22.3 Å². The van der Waals surface area contributed by atoms with Gasteiger partial charge in [-0.2, -0.15) is 0 Å². The Morgan fingerprint density at radius 2 is 1.63 bits per heavy atom. The fourth-order valence-corrected chi connectivity index (χ4v) is 4.23. The van der Waals surface area contributed by atoms with Crippen LogP contribution in [0.5, 0.6) is 11.5 Å². The summed E-state index contributed by atoms with van der Waals surface area (Å²) in [6.45, 7) is 0. The Kier molecular flexibility index (Phi) is 4.10. The molecule has 0 radical (unpaired) electrons. The molecule has 1 aliphatic heterocycles. The van der Waals surface area contributed by atoms with Crippen molar-refractivity contribution < 1.29 is 9.47 Å². The van der Waals surface area contributed by atoms with E-state index in [1.807, 2.05) is 54.6 Å². The van der Waals surface area contributed by atoms with Gasteiger partial charge in [0.05, 0.1) is 19.8 Å². The van der Waals surface area contributed by atoms with Gasteiger partial charge in [-0.15, -0.1) is 0 Å². The molecule has 0 aliphatic carbocycles. The molecule has 1 unspecified atom stereocenters. The second-order valence-electron chi connectivity index (χ2n) is 7.12. The van der Waals surface area contributed by atoms with Crippen LogP contribution in [-0.4, -0.2) is 24.2 Å². The second-order valence-corrected chi connectivity index (χ2v) is 7.12. The minimum Gasteiger partial charge on any atom is -0.493 e. The maximum atomic E-state index is 12.9. The molecule has 7 heteroatoms. The molecule has 0 saturated carbocycles. The van der Waals surface area contributed by atoms with Gasteiger partial charge in [0.15, 0.2) is 11.5 Å². The number of aromatic amines is 2. The molecular weight excluding hydrogens is 382 g/mol. The molecule has 0 fully saturated rings. The number of fused-ring (bicyclic) bond motifs is 4. The molecule has 3 aromatic carbocycles. The minimum atomic E-state index is -0.554. The number of ether oxygens (including phenoxy) is 2. The Hall–Kier alpha value is -4.00. The Morgan fingerprint density at radius 3 is 2.43 bits per heavy atom. The molecule has 0 amide bonds. The van der Waals surface area contributed by atoms with Crippen molar-refractivity contribution in [2.75, 3.05) is 19.5 Å². The largest absolute Gasteiger partial charge is 0.493 e. The minimum absolute atomic E-state index is 0.395. The Labute approximate surface area is 171 Å². The summed E-state index contributed by atoms with van der Waals surface area (Å²) in [7, 11) is 3.15. The number of benzene rings is 3. The lowest BCUT2D eigenvalue weighted by atomic mass is 9.80. The van der Waals surface area contributed by atoms with E-state index >= 15 is 0 Å². The highest BCUT2D eigenvalue weighted by molar-refractivity contribution is 5.94. The summed E-state index contributed by atoms with van der Waals surface area (Å²) in [5.41, 5.74) is 2.12. The molecule has 0 bridgehead atoms. The standard InChI is InChI=1S/C23H19N3O4/c1-29-16-10-8-13(11-17(16)30-2)18-19-14-6-4-3-5-12(14)7-9-15(19)24-21-20(18)22(27)26-23(28)25-21/h3-11,18H,1-2H3,(H3,24,25,26,27,28). The highest BCUT2D eigenvalue weighted by Crippen LogP contribution is 2.46. The molecule has 1 atom stereocenters. The first-order valence-corrected chi connectivity index (χ1v) is 9.48. The zero-order chi connectivity index (χ0) is 20.8. The number of hydrogen-bond donors (Lipinski definition) is 3. The second kappa shape index (κ2) is 6.81. The topological polar surface area (TPSA) is 96.2 Å². The van der Waals surface area contributed by atoms with Crippen LogP contribution in [0.3, 0.4) is 0 Å². The lowest BCUT2D eigenvalue weighted by molar-refractivity contribution is 0.354. The number of methoxy groups -OCH3 is 2. The molecule has 0 spiro atoms. The summed E-state index contributed by atoms with van der Waals surface area (Å²) in [5, 5.41) is 5.32. The molecular formula is C23H19N3O4. The van der Waals surface area contributed by atoms with Crippen molar-refractivity contribution in [2.45, 2.75) is 5.92 Å². The molecule has 4 aromatic rings. The first-order valence-electron chi connectivity index (χ1n) is 9.48. The summed E-state index contributed by atoms with van der Waals surface area (Å²) >= 11 is 0. The summed E-state index contributed by atoms with van der Waals surface area (Å²) in [5.74, 6) is 1.15. The van der Waals surface area contributed by atoms with E-state index in [1.165, 1.54) is 0 Å². The third kappa shape index (κ3) is 2.67. The van der Waals surface area contributed by atoms with E-state index in [1.54, 1.807) is 14.2 Å². The fourth-order valence-electron chi connectivity index (χ4n) is 4.23. The van der Waals surface area contributed by atoms with Gasteiger partial charge >= 0.3 is 5.69 Å². The summed E-state index contributed by atoms with van der Waals surface area (Å²) in [6.07, 6.45) is 0. The van der Waals surface area contributed by atoms with Crippen LogP contribution in [0.1, 0.15) is 22.6 Å². The van der Waals surface area contributed by atoms with Crippen molar-refractivity contribution in [2.24, 2.45) is 0 Å². The van der Waals surface area contributed by atoms with Gasteiger partial charge < -0.3 is 14.8 Å². The van der Waals surface area contributed by atoms with Gasteiger partial charge in [0.1, 0.15) is 5.82 Å². The van der Waals surface area contributed by atoms with E-state index in [-0.39, 0.29) is 0 Å². The van der Waals surface area contributed by atoms with Crippen LogP contribution in [0.15, 0.2) is 64.2 Å². The molecule has 150 valence electrons. The maximum absolute atomic E-state index is 12.9. The molecule has 0 saturated heterocycles. The van der Waals surface area contributed by atoms with Crippen molar-refractivity contribution in [3.05, 3.63) is 92.1 Å². The normalized spacial score (nSPS) is 14.5. The number of nitrogens with one attached hydrogen (secondary N) is 3. The highest BCUT2D eigenvalue weighted by atomic mass is 16.5. The average Bonchev–Trinajstić information content (AvgIpc) is 2.76. The Morgan fingerprint density at radius 1 is 0.833 bits per heavy atom. The van der Waals surface area contributed by atoms with Gasteiger partial charge in [0, 0.05) is 11.6 Å². The highest BCUT2D eigenvalue weighted by Gasteiger charge is 2.32. The van der Waals surface area contributed by atoms with E-state index < -0.39 is 17.2 Å². The smallest absolute Gasteiger partial charge is 0.327 e. The number of hydrogen-bond acceptors (Lipinski definition) is 5. The van der Waals surface area contributed by atoms with Crippen molar-refractivity contribution in [1.29, 1.82) is 0 Å². The molecule has 30 heavy (non-hydrogen) atoms. The number of anilines is 2. The number of rotatable bonds is 3. The summed E-state index contributed by atoms with van der Waals surface area (Å²) < 4.78 is 10.9. The van der Waals surface area contributed by atoms with Crippen LogP contribution in [0.4, 0.5) is 11.5 Å². The first kappa shape index (κ1) is 18.1. The summed E-state index contributed by atoms with van der Waals surface area (Å²) in [4.78, 5) is 29.9. The number of H-pyrrole nitrogens is 2. The predicted octanol–water partition coefficient (Wildman–Crippen LogP) is 3.47.